The number of rotatable bonds is 6. The third-order valence-electron chi connectivity index (χ3n) is 3.18. The van der Waals surface area contributed by atoms with Crippen molar-refractivity contribution in [1.29, 1.82) is 0 Å². The Hall–Kier alpha value is -1.19. The molecule has 1 N–H and O–H groups in total. The summed E-state index contributed by atoms with van der Waals surface area (Å²) >= 11 is 1.85. The number of aromatic nitrogens is 1. The second-order valence-corrected chi connectivity index (χ2v) is 7.75. The van der Waals surface area contributed by atoms with Gasteiger partial charge in [-0.3, -0.25) is 0 Å². The van der Waals surface area contributed by atoms with Gasteiger partial charge in [-0.1, -0.05) is 58.0 Å². The maximum absolute atomic E-state index is 4.90. The predicted octanol–water partition coefficient (Wildman–Crippen LogP) is 4.90. The molecule has 0 aliphatic carbocycles. The lowest BCUT2D eigenvalue weighted by Crippen LogP contribution is -2.15. The Labute approximate surface area is 132 Å². The molecule has 1 aromatic carbocycles. The molecule has 0 aliphatic rings. The van der Waals surface area contributed by atoms with Crippen LogP contribution in [0.5, 0.6) is 0 Å². The molecule has 1 heterocycles. The second-order valence-electron chi connectivity index (χ2n) is 6.66. The summed E-state index contributed by atoms with van der Waals surface area (Å²) in [5.74, 6) is 0. The minimum Gasteiger partial charge on any atom is -0.311 e. The molecule has 0 amide bonds. The molecule has 1 aromatic heterocycles. The molecular weight excluding hydrogens is 276 g/mol. The average Bonchev–Trinajstić information content (AvgIpc) is 2.81. The molecule has 0 unspecified atom stereocenters. The molecule has 0 saturated carbocycles. The van der Waals surface area contributed by atoms with Crippen LogP contribution in [0, 0.1) is 5.41 Å². The fraction of sp³-hybridized carbons (Fsp3) is 0.500. The number of nitrogens with one attached hydrogen (secondary N) is 1. The molecule has 3 heteroatoms. The summed E-state index contributed by atoms with van der Waals surface area (Å²) < 4.78 is 0. The Morgan fingerprint density at radius 2 is 1.86 bits per heavy atom. The van der Waals surface area contributed by atoms with Crippen molar-refractivity contribution in [3.05, 3.63) is 41.0 Å². The average molecular weight is 302 g/mol. The Bertz CT molecular complexity index is 552. The van der Waals surface area contributed by atoms with Gasteiger partial charge in [-0.2, -0.15) is 0 Å². The normalized spacial score (nSPS) is 11.8. The van der Waals surface area contributed by atoms with E-state index in [1.54, 1.807) is 0 Å². The van der Waals surface area contributed by atoms with Crippen molar-refractivity contribution in [2.45, 2.75) is 47.1 Å². The van der Waals surface area contributed by atoms with Crippen LogP contribution in [0.25, 0.3) is 10.4 Å². The van der Waals surface area contributed by atoms with Crippen molar-refractivity contribution < 1.29 is 0 Å². The predicted molar refractivity (Wildman–Crippen MR) is 92.7 cm³/mol. The highest BCUT2D eigenvalue weighted by Gasteiger charge is 2.18. The summed E-state index contributed by atoms with van der Waals surface area (Å²) in [5.41, 5.74) is 2.75. The topological polar surface area (TPSA) is 24.9 Å². The van der Waals surface area contributed by atoms with Gasteiger partial charge in [0.15, 0.2) is 0 Å². The van der Waals surface area contributed by atoms with Gasteiger partial charge < -0.3 is 5.32 Å². The van der Waals surface area contributed by atoms with Crippen molar-refractivity contribution in [2.75, 3.05) is 6.54 Å². The molecule has 2 rings (SSSR count). The zero-order chi connectivity index (χ0) is 15.3. The first-order chi connectivity index (χ1) is 9.99. The van der Waals surface area contributed by atoms with Gasteiger partial charge in [0.2, 0.25) is 0 Å². The van der Waals surface area contributed by atoms with Gasteiger partial charge in [-0.05, 0) is 23.9 Å². The van der Waals surface area contributed by atoms with Crippen LogP contribution in [0.4, 0.5) is 0 Å². The molecule has 0 spiro atoms. The Morgan fingerprint density at radius 3 is 2.48 bits per heavy atom. The van der Waals surface area contributed by atoms with Crippen LogP contribution in [-0.4, -0.2) is 11.5 Å². The summed E-state index contributed by atoms with van der Waals surface area (Å²) in [6, 6.07) is 10.6. The van der Waals surface area contributed by atoms with E-state index in [0.717, 1.165) is 25.9 Å². The molecule has 0 aliphatic heterocycles. The molecule has 0 atom stereocenters. The number of thiazole rings is 1. The van der Waals surface area contributed by atoms with Gasteiger partial charge in [0.1, 0.15) is 0 Å². The first-order valence-corrected chi connectivity index (χ1v) is 8.56. The quantitative estimate of drug-likeness (QED) is 0.768. The number of hydrogen-bond donors (Lipinski definition) is 1. The maximum Gasteiger partial charge on any atom is 0.0940 e. The fourth-order valence-electron chi connectivity index (χ4n) is 2.25. The van der Waals surface area contributed by atoms with Crippen LogP contribution in [-0.2, 0) is 13.0 Å². The van der Waals surface area contributed by atoms with Crippen molar-refractivity contribution in [3.63, 3.8) is 0 Å². The van der Waals surface area contributed by atoms with Gasteiger partial charge in [-0.25, -0.2) is 4.98 Å². The van der Waals surface area contributed by atoms with Gasteiger partial charge in [0.25, 0.3) is 0 Å². The van der Waals surface area contributed by atoms with Gasteiger partial charge in [0.05, 0.1) is 15.6 Å². The van der Waals surface area contributed by atoms with E-state index >= 15 is 0 Å². The van der Waals surface area contributed by atoms with E-state index in [1.165, 1.54) is 21.1 Å². The molecular formula is C18H26N2S. The van der Waals surface area contributed by atoms with Gasteiger partial charge in [0, 0.05) is 13.0 Å². The Kier molecular flexibility index (Phi) is 5.54. The zero-order valence-corrected chi connectivity index (χ0v) is 14.4. The molecule has 114 valence electrons. The largest absolute Gasteiger partial charge is 0.311 e. The van der Waals surface area contributed by atoms with Crippen LogP contribution in [0.2, 0.25) is 0 Å². The standard InChI is InChI=1S/C18H26N2S/c1-5-11-19-13-15-17(14-9-7-6-8-10-14)21-16(20-15)12-18(2,3)4/h6-10,19H,5,11-13H2,1-4H3. The number of hydrogen-bond acceptors (Lipinski definition) is 3. The van der Waals surface area contributed by atoms with E-state index < -0.39 is 0 Å². The van der Waals surface area contributed by atoms with Crippen molar-refractivity contribution in [1.82, 2.24) is 10.3 Å². The highest BCUT2D eigenvalue weighted by atomic mass is 32.1. The van der Waals surface area contributed by atoms with E-state index in [-0.39, 0.29) is 5.41 Å². The molecule has 0 bridgehead atoms. The summed E-state index contributed by atoms with van der Waals surface area (Å²) in [7, 11) is 0. The summed E-state index contributed by atoms with van der Waals surface area (Å²) in [5, 5.41) is 4.73. The number of benzene rings is 1. The van der Waals surface area contributed by atoms with Crippen LogP contribution >= 0.6 is 11.3 Å². The summed E-state index contributed by atoms with van der Waals surface area (Å²) in [6.07, 6.45) is 2.19. The molecule has 2 nitrogen and oxygen atoms in total. The van der Waals surface area contributed by atoms with E-state index in [2.05, 4.69) is 63.3 Å². The highest BCUT2D eigenvalue weighted by Crippen LogP contribution is 2.33. The van der Waals surface area contributed by atoms with E-state index in [0.29, 0.717) is 0 Å². The van der Waals surface area contributed by atoms with E-state index in [9.17, 15) is 0 Å². The maximum atomic E-state index is 4.90. The third kappa shape index (κ3) is 4.94. The molecule has 0 radical (unpaired) electrons. The lowest BCUT2D eigenvalue weighted by atomic mass is 9.93. The Morgan fingerprint density at radius 1 is 1.14 bits per heavy atom. The second kappa shape index (κ2) is 7.19. The third-order valence-corrected chi connectivity index (χ3v) is 4.33. The van der Waals surface area contributed by atoms with E-state index in [1.807, 2.05) is 11.3 Å². The van der Waals surface area contributed by atoms with E-state index in [4.69, 9.17) is 4.98 Å². The van der Waals surface area contributed by atoms with Crippen molar-refractivity contribution in [2.24, 2.45) is 5.41 Å². The fourth-order valence-corrected chi connectivity index (χ4v) is 3.63. The first-order valence-electron chi connectivity index (χ1n) is 7.74. The Balaban J connectivity index is 2.27. The monoisotopic (exact) mass is 302 g/mol. The molecule has 0 saturated heterocycles. The summed E-state index contributed by atoms with van der Waals surface area (Å²) in [4.78, 5) is 6.22. The molecule has 0 fully saturated rings. The van der Waals surface area contributed by atoms with Crippen molar-refractivity contribution in [3.8, 4) is 10.4 Å². The SMILES string of the molecule is CCCNCc1nc(CC(C)(C)C)sc1-c1ccccc1. The molecule has 2 aromatic rings. The minimum atomic E-state index is 0.278. The zero-order valence-electron chi connectivity index (χ0n) is 13.6. The lowest BCUT2D eigenvalue weighted by Gasteiger charge is -2.15. The van der Waals surface area contributed by atoms with Crippen molar-refractivity contribution >= 4 is 11.3 Å². The molecule has 21 heavy (non-hydrogen) atoms. The van der Waals surface area contributed by atoms with Gasteiger partial charge >= 0.3 is 0 Å². The van der Waals surface area contributed by atoms with Crippen LogP contribution in [0.1, 0.15) is 44.8 Å². The lowest BCUT2D eigenvalue weighted by molar-refractivity contribution is 0.410. The van der Waals surface area contributed by atoms with Crippen LogP contribution in [0.3, 0.4) is 0 Å². The first kappa shape index (κ1) is 16.2. The van der Waals surface area contributed by atoms with Gasteiger partial charge in [-0.15, -0.1) is 11.3 Å². The van der Waals surface area contributed by atoms with Crippen LogP contribution in [0.15, 0.2) is 30.3 Å². The highest BCUT2D eigenvalue weighted by molar-refractivity contribution is 7.15. The van der Waals surface area contributed by atoms with Crippen LogP contribution < -0.4 is 5.32 Å². The smallest absolute Gasteiger partial charge is 0.0940 e. The summed E-state index contributed by atoms with van der Waals surface area (Å²) in [6.45, 7) is 10.9. The minimum absolute atomic E-state index is 0.278. The number of nitrogens with zero attached hydrogens (tertiary/aromatic N) is 1.